The van der Waals surface area contributed by atoms with Gasteiger partial charge in [0.05, 0.1) is 6.54 Å². The number of furan rings is 1. The number of benzene rings is 1. The van der Waals surface area contributed by atoms with Crippen molar-refractivity contribution in [2.45, 2.75) is 59.7 Å². The van der Waals surface area contributed by atoms with Crippen LogP contribution < -0.4 is 0 Å². The third-order valence-corrected chi connectivity index (χ3v) is 4.98. The zero-order valence-corrected chi connectivity index (χ0v) is 17.6. The second kappa shape index (κ2) is 8.39. The van der Waals surface area contributed by atoms with E-state index >= 15 is 0 Å². The molecule has 1 fully saturated rings. The molecule has 3 rings (SSSR count). The van der Waals surface area contributed by atoms with Gasteiger partial charge in [-0.2, -0.15) is 0 Å². The second-order valence-corrected chi connectivity index (χ2v) is 8.80. The maximum atomic E-state index is 13.3. The third-order valence-electron chi connectivity index (χ3n) is 4.98. The van der Waals surface area contributed by atoms with Crippen molar-refractivity contribution in [1.29, 1.82) is 0 Å². The van der Waals surface area contributed by atoms with Crippen molar-refractivity contribution in [1.82, 2.24) is 9.80 Å². The fraction of sp³-hybridized carbons (Fsp3) is 0.478. The highest BCUT2D eigenvalue weighted by Gasteiger charge is 2.39. The molecule has 1 aromatic carbocycles. The molecule has 0 N–H and O–H groups in total. The average molecular weight is 400 g/mol. The van der Waals surface area contributed by atoms with E-state index in [1.54, 1.807) is 21.9 Å². The summed E-state index contributed by atoms with van der Waals surface area (Å²) in [6.45, 7) is 8.13. The lowest BCUT2D eigenvalue weighted by Gasteiger charge is -2.31. The van der Waals surface area contributed by atoms with Crippen LogP contribution in [-0.2, 0) is 22.7 Å². The van der Waals surface area contributed by atoms with E-state index in [0.29, 0.717) is 18.8 Å². The van der Waals surface area contributed by atoms with Crippen molar-refractivity contribution in [2.24, 2.45) is 5.41 Å². The summed E-state index contributed by atoms with van der Waals surface area (Å²) in [5.41, 5.74) is 0.283. The molecule has 2 aromatic rings. The van der Waals surface area contributed by atoms with Crippen LogP contribution in [0.5, 0.6) is 0 Å². The summed E-state index contributed by atoms with van der Waals surface area (Å²) in [5, 5.41) is 0. The van der Waals surface area contributed by atoms with Gasteiger partial charge in [-0.3, -0.25) is 9.59 Å². The standard InChI is InChI=1S/C23H29FN2O3/c1-16-5-12-20(29-16)14-25(13-17-6-8-18(24)9-7-17)21(27)15-26(19-10-11-19)22(28)23(2,3)4/h5-9,12,19H,10-11,13-15H2,1-4H3. The van der Waals surface area contributed by atoms with Gasteiger partial charge in [-0.15, -0.1) is 0 Å². The smallest absolute Gasteiger partial charge is 0.242 e. The topological polar surface area (TPSA) is 53.8 Å². The number of nitrogens with zero attached hydrogens (tertiary/aromatic N) is 2. The Bertz CT molecular complexity index is 863. The van der Waals surface area contributed by atoms with Gasteiger partial charge in [0.15, 0.2) is 0 Å². The predicted molar refractivity (Wildman–Crippen MR) is 108 cm³/mol. The molecule has 0 aliphatic heterocycles. The normalized spacial score (nSPS) is 14.0. The highest BCUT2D eigenvalue weighted by molar-refractivity contribution is 5.87. The first-order valence-electron chi connectivity index (χ1n) is 10.0. The SMILES string of the molecule is Cc1ccc(CN(Cc2ccc(F)cc2)C(=O)CN(C(=O)C(C)(C)C)C2CC2)o1. The third kappa shape index (κ3) is 5.68. The average Bonchev–Trinajstić information content (AvgIpc) is 3.41. The van der Waals surface area contributed by atoms with Crippen LogP contribution in [0.25, 0.3) is 0 Å². The number of carbonyl (C=O) groups is 2. The number of carbonyl (C=O) groups excluding carboxylic acids is 2. The maximum Gasteiger partial charge on any atom is 0.242 e. The summed E-state index contributed by atoms with van der Waals surface area (Å²) in [5.74, 6) is 0.982. The summed E-state index contributed by atoms with van der Waals surface area (Å²) in [6, 6.07) is 9.95. The Morgan fingerprint density at radius 3 is 2.24 bits per heavy atom. The molecular weight excluding hydrogens is 371 g/mol. The Hall–Kier alpha value is -2.63. The fourth-order valence-electron chi connectivity index (χ4n) is 3.23. The molecule has 0 spiro atoms. The molecule has 1 aromatic heterocycles. The van der Waals surface area contributed by atoms with E-state index in [-0.39, 0.29) is 30.2 Å². The first-order chi connectivity index (χ1) is 13.6. The monoisotopic (exact) mass is 400 g/mol. The zero-order valence-electron chi connectivity index (χ0n) is 17.6. The van der Waals surface area contributed by atoms with Gasteiger partial charge in [-0.1, -0.05) is 32.9 Å². The minimum atomic E-state index is -0.539. The number of amides is 2. The lowest BCUT2D eigenvalue weighted by atomic mass is 9.94. The van der Waals surface area contributed by atoms with E-state index in [0.717, 1.165) is 24.2 Å². The summed E-state index contributed by atoms with van der Waals surface area (Å²) >= 11 is 0. The molecule has 1 heterocycles. The molecule has 0 saturated heterocycles. The highest BCUT2D eigenvalue weighted by Crippen LogP contribution is 2.31. The van der Waals surface area contributed by atoms with Gasteiger partial charge in [0, 0.05) is 18.0 Å². The number of halogens is 1. The first kappa shape index (κ1) is 21.1. The number of hydrogen-bond donors (Lipinski definition) is 0. The van der Waals surface area contributed by atoms with Gasteiger partial charge < -0.3 is 14.2 Å². The van der Waals surface area contributed by atoms with Crippen molar-refractivity contribution in [3.63, 3.8) is 0 Å². The Morgan fingerprint density at radius 1 is 1.07 bits per heavy atom. The highest BCUT2D eigenvalue weighted by atomic mass is 19.1. The van der Waals surface area contributed by atoms with Crippen LogP contribution >= 0.6 is 0 Å². The van der Waals surface area contributed by atoms with Gasteiger partial charge in [0.2, 0.25) is 11.8 Å². The number of hydrogen-bond acceptors (Lipinski definition) is 3. The summed E-state index contributed by atoms with van der Waals surface area (Å²) < 4.78 is 18.9. The molecule has 0 radical (unpaired) electrons. The van der Waals surface area contributed by atoms with Gasteiger partial charge in [0.1, 0.15) is 23.9 Å². The number of rotatable bonds is 7. The largest absolute Gasteiger partial charge is 0.464 e. The molecule has 2 amide bonds. The fourth-order valence-corrected chi connectivity index (χ4v) is 3.23. The van der Waals surface area contributed by atoms with E-state index in [1.807, 2.05) is 39.8 Å². The van der Waals surface area contributed by atoms with Crippen molar-refractivity contribution < 1.29 is 18.4 Å². The Balaban J connectivity index is 1.78. The zero-order chi connectivity index (χ0) is 21.2. The van der Waals surface area contributed by atoms with Crippen LogP contribution in [0.1, 0.15) is 50.7 Å². The van der Waals surface area contributed by atoms with Crippen molar-refractivity contribution in [3.8, 4) is 0 Å². The first-order valence-corrected chi connectivity index (χ1v) is 10.0. The molecule has 5 nitrogen and oxygen atoms in total. The van der Waals surface area contributed by atoms with Crippen LogP contribution in [0.15, 0.2) is 40.8 Å². The lowest BCUT2D eigenvalue weighted by molar-refractivity contribution is -0.146. The maximum absolute atomic E-state index is 13.3. The van der Waals surface area contributed by atoms with Gasteiger partial charge in [0.25, 0.3) is 0 Å². The van der Waals surface area contributed by atoms with Crippen LogP contribution in [0.3, 0.4) is 0 Å². The Kier molecular flexibility index (Phi) is 6.10. The van der Waals surface area contributed by atoms with Gasteiger partial charge >= 0.3 is 0 Å². The van der Waals surface area contributed by atoms with E-state index in [2.05, 4.69) is 0 Å². The molecule has 29 heavy (non-hydrogen) atoms. The minimum Gasteiger partial charge on any atom is -0.464 e. The Labute approximate surface area is 171 Å². The number of aryl methyl sites for hydroxylation is 1. The minimum absolute atomic E-state index is 0.0103. The lowest BCUT2D eigenvalue weighted by Crippen LogP contribution is -2.47. The van der Waals surface area contributed by atoms with Gasteiger partial charge in [-0.05, 0) is 49.6 Å². The molecule has 1 aliphatic carbocycles. The Morgan fingerprint density at radius 2 is 1.72 bits per heavy atom. The quantitative estimate of drug-likeness (QED) is 0.697. The molecule has 1 aliphatic rings. The van der Waals surface area contributed by atoms with Crippen LogP contribution in [0.4, 0.5) is 4.39 Å². The molecular formula is C23H29FN2O3. The summed E-state index contributed by atoms with van der Waals surface area (Å²) in [4.78, 5) is 29.5. The van der Waals surface area contributed by atoms with Crippen molar-refractivity contribution in [3.05, 3.63) is 59.3 Å². The summed E-state index contributed by atoms with van der Waals surface area (Å²) in [7, 11) is 0. The summed E-state index contributed by atoms with van der Waals surface area (Å²) in [6.07, 6.45) is 1.87. The van der Waals surface area contributed by atoms with Crippen molar-refractivity contribution in [2.75, 3.05) is 6.54 Å². The van der Waals surface area contributed by atoms with Crippen LogP contribution in [-0.4, -0.2) is 34.2 Å². The second-order valence-electron chi connectivity index (χ2n) is 8.80. The molecule has 1 saturated carbocycles. The van der Waals surface area contributed by atoms with E-state index < -0.39 is 5.41 Å². The molecule has 0 bridgehead atoms. The van der Waals surface area contributed by atoms with Gasteiger partial charge in [-0.25, -0.2) is 4.39 Å². The van der Waals surface area contributed by atoms with Crippen molar-refractivity contribution >= 4 is 11.8 Å². The van der Waals surface area contributed by atoms with E-state index in [4.69, 9.17) is 4.42 Å². The predicted octanol–water partition coefficient (Wildman–Crippen LogP) is 4.29. The molecule has 0 unspecified atom stereocenters. The molecule has 6 heteroatoms. The van der Waals surface area contributed by atoms with Crippen LogP contribution in [0.2, 0.25) is 0 Å². The molecule has 0 atom stereocenters. The van der Waals surface area contributed by atoms with E-state index in [9.17, 15) is 14.0 Å². The van der Waals surface area contributed by atoms with Crippen LogP contribution in [0, 0.1) is 18.2 Å². The molecule has 156 valence electrons. The van der Waals surface area contributed by atoms with E-state index in [1.165, 1.54) is 12.1 Å².